The van der Waals surface area contributed by atoms with E-state index in [0.717, 1.165) is 17.9 Å². The van der Waals surface area contributed by atoms with E-state index in [2.05, 4.69) is 25.1 Å². The second-order valence-electron chi connectivity index (χ2n) is 3.33. The Morgan fingerprint density at radius 2 is 1.93 bits per heavy atom. The van der Waals surface area contributed by atoms with Crippen LogP contribution in [-0.4, -0.2) is 5.88 Å². The fourth-order valence-corrected chi connectivity index (χ4v) is 1.53. The molecule has 0 spiro atoms. The smallest absolute Gasteiger partial charge is 0.0406 e. The van der Waals surface area contributed by atoms with Crippen LogP contribution in [0.2, 0.25) is 5.02 Å². The zero-order chi connectivity index (χ0) is 10.4. The van der Waals surface area contributed by atoms with Crippen LogP contribution in [0.1, 0.15) is 18.9 Å². The molecule has 1 aromatic carbocycles. The summed E-state index contributed by atoms with van der Waals surface area (Å²) >= 11 is 11.4. The van der Waals surface area contributed by atoms with Crippen molar-refractivity contribution >= 4 is 23.2 Å². The number of alkyl halides is 1. The van der Waals surface area contributed by atoms with Crippen LogP contribution < -0.4 is 0 Å². The molecule has 1 aromatic rings. The monoisotopic (exact) mass is 228 g/mol. The van der Waals surface area contributed by atoms with Crippen molar-refractivity contribution in [1.29, 1.82) is 0 Å². The zero-order valence-corrected chi connectivity index (χ0v) is 9.78. The van der Waals surface area contributed by atoms with Gasteiger partial charge in [-0.2, -0.15) is 0 Å². The van der Waals surface area contributed by atoms with Crippen molar-refractivity contribution in [1.82, 2.24) is 0 Å². The molecule has 0 nitrogen and oxygen atoms in total. The van der Waals surface area contributed by atoms with E-state index in [9.17, 15) is 0 Å². The van der Waals surface area contributed by atoms with Crippen LogP contribution in [-0.2, 0) is 6.42 Å². The van der Waals surface area contributed by atoms with Crippen LogP contribution in [0.5, 0.6) is 0 Å². The van der Waals surface area contributed by atoms with Gasteiger partial charge in [0.05, 0.1) is 0 Å². The molecule has 1 rings (SSSR count). The summed E-state index contributed by atoms with van der Waals surface area (Å²) in [7, 11) is 0. The van der Waals surface area contributed by atoms with Gasteiger partial charge in [0.25, 0.3) is 0 Å². The molecule has 0 radical (unpaired) electrons. The predicted octanol–water partition coefficient (Wildman–Crippen LogP) is 4.46. The molecule has 0 aliphatic rings. The third kappa shape index (κ3) is 4.17. The lowest BCUT2D eigenvalue weighted by atomic mass is 10.1. The van der Waals surface area contributed by atoms with E-state index < -0.39 is 0 Å². The molecule has 0 aromatic heterocycles. The van der Waals surface area contributed by atoms with Gasteiger partial charge < -0.3 is 0 Å². The molecule has 0 fully saturated rings. The van der Waals surface area contributed by atoms with Gasteiger partial charge in [-0.05, 0) is 37.5 Å². The number of benzene rings is 1. The second-order valence-corrected chi connectivity index (χ2v) is 4.15. The van der Waals surface area contributed by atoms with Gasteiger partial charge in [0.2, 0.25) is 0 Å². The third-order valence-electron chi connectivity index (χ3n) is 2.00. The number of halogens is 2. The zero-order valence-electron chi connectivity index (χ0n) is 8.26. The maximum absolute atomic E-state index is 5.80. The van der Waals surface area contributed by atoms with E-state index in [4.69, 9.17) is 23.2 Å². The van der Waals surface area contributed by atoms with Crippen molar-refractivity contribution < 1.29 is 0 Å². The van der Waals surface area contributed by atoms with Gasteiger partial charge in [0.1, 0.15) is 0 Å². The first-order chi connectivity index (χ1) is 6.72. The van der Waals surface area contributed by atoms with Crippen LogP contribution in [0.4, 0.5) is 0 Å². The molecule has 0 aliphatic heterocycles. The maximum atomic E-state index is 5.80. The molecule has 0 aliphatic carbocycles. The highest BCUT2D eigenvalue weighted by molar-refractivity contribution is 6.30. The molecule has 0 amide bonds. The van der Waals surface area contributed by atoms with Crippen molar-refractivity contribution in [3.05, 3.63) is 46.5 Å². The van der Waals surface area contributed by atoms with Gasteiger partial charge >= 0.3 is 0 Å². The summed E-state index contributed by atoms with van der Waals surface area (Å²) in [6.45, 7) is 2.13. The van der Waals surface area contributed by atoms with Gasteiger partial charge in [-0.1, -0.05) is 35.4 Å². The largest absolute Gasteiger partial charge is 0.126 e. The normalized spacial score (nSPS) is 11.8. The third-order valence-corrected chi connectivity index (χ3v) is 2.47. The first kappa shape index (κ1) is 11.6. The van der Waals surface area contributed by atoms with Crippen LogP contribution in [0, 0.1) is 0 Å². The summed E-state index contributed by atoms with van der Waals surface area (Å²) in [6.07, 6.45) is 4.11. The Labute approximate surface area is 95.5 Å². The van der Waals surface area contributed by atoms with Gasteiger partial charge in [-0.25, -0.2) is 0 Å². The van der Waals surface area contributed by atoms with Crippen molar-refractivity contribution in [2.24, 2.45) is 0 Å². The van der Waals surface area contributed by atoms with Gasteiger partial charge in [0, 0.05) is 10.9 Å². The molecule has 76 valence electrons. The highest BCUT2D eigenvalue weighted by atomic mass is 35.5. The van der Waals surface area contributed by atoms with E-state index in [1.807, 2.05) is 12.1 Å². The highest BCUT2D eigenvalue weighted by Crippen LogP contribution is 2.13. The minimum atomic E-state index is 0.692. The number of hydrogen-bond donors (Lipinski definition) is 0. The number of allylic oxidation sites excluding steroid dienone is 2. The Balaban J connectivity index is 2.56. The van der Waals surface area contributed by atoms with Gasteiger partial charge in [-0.3, -0.25) is 0 Å². The summed E-state index contributed by atoms with van der Waals surface area (Å²) in [5, 5.41) is 0.788. The molecular formula is C12H14Cl2. The number of hydrogen-bond acceptors (Lipinski definition) is 0. The molecular weight excluding hydrogens is 215 g/mol. The first-order valence-corrected chi connectivity index (χ1v) is 5.59. The van der Waals surface area contributed by atoms with E-state index in [0.29, 0.717) is 5.88 Å². The summed E-state index contributed by atoms with van der Waals surface area (Å²) < 4.78 is 0. The first-order valence-electron chi connectivity index (χ1n) is 4.68. The van der Waals surface area contributed by atoms with E-state index in [1.54, 1.807) is 0 Å². The van der Waals surface area contributed by atoms with E-state index >= 15 is 0 Å². The lowest BCUT2D eigenvalue weighted by Gasteiger charge is -2.01. The van der Waals surface area contributed by atoms with Crippen molar-refractivity contribution in [2.75, 3.05) is 5.88 Å². The van der Waals surface area contributed by atoms with Crippen LogP contribution in [0.3, 0.4) is 0 Å². The second kappa shape index (κ2) is 6.10. The van der Waals surface area contributed by atoms with Gasteiger partial charge in [0.15, 0.2) is 0 Å². The molecule has 0 bridgehead atoms. The summed E-state index contributed by atoms with van der Waals surface area (Å²) in [5.41, 5.74) is 2.64. The van der Waals surface area contributed by atoms with Crippen molar-refractivity contribution in [3.8, 4) is 0 Å². The standard InChI is InChI=1S/C12H14Cl2/c1-10(3-2-8-13)9-11-4-6-12(14)7-5-11/h3-7H,2,8-9H2,1H3. The van der Waals surface area contributed by atoms with Crippen molar-refractivity contribution in [2.45, 2.75) is 19.8 Å². The predicted molar refractivity (Wildman–Crippen MR) is 64.3 cm³/mol. The van der Waals surface area contributed by atoms with Crippen LogP contribution in [0.15, 0.2) is 35.9 Å². The fourth-order valence-electron chi connectivity index (χ4n) is 1.30. The SMILES string of the molecule is CC(=CCCCl)Cc1ccc(Cl)cc1. The summed E-state index contributed by atoms with van der Waals surface area (Å²) in [5.74, 6) is 0.692. The molecule has 0 N–H and O–H groups in total. The Morgan fingerprint density at radius 3 is 2.50 bits per heavy atom. The average Bonchev–Trinajstić information content (AvgIpc) is 2.18. The molecule has 0 unspecified atom stereocenters. The lowest BCUT2D eigenvalue weighted by molar-refractivity contribution is 1.09. The molecule has 0 saturated carbocycles. The minimum Gasteiger partial charge on any atom is -0.126 e. The highest BCUT2D eigenvalue weighted by Gasteiger charge is 1.94. The van der Waals surface area contributed by atoms with Gasteiger partial charge in [-0.15, -0.1) is 11.6 Å². The minimum absolute atomic E-state index is 0.692. The molecule has 0 saturated heterocycles. The quantitative estimate of drug-likeness (QED) is 0.528. The van der Waals surface area contributed by atoms with E-state index in [1.165, 1.54) is 11.1 Å². The lowest BCUT2D eigenvalue weighted by Crippen LogP contribution is -1.86. The summed E-state index contributed by atoms with van der Waals surface area (Å²) in [4.78, 5) is 0. The fraction of sp³-hybridized carbons (Fsp3) is 0.333. The Kier molecular flexibility index (Phi) is 5.06. The van der Waals surface area contributed by atoms with Crippen LogP contribution >= 0.6 is 23.2 Å². The molecule has 2 heteroatoms. The topological polar surface area (TPSA) is 0 Å². The Hall–Kier alpha value is -0.460. The Bertz CT molecular complexity index is 299. The average molecular weight is 229 g/mol. The van der Waals surface area contributed by atoms with Crippen LogP contribution in [0.25, 0.3) is 0 Å². The number of rotatable bonds is 4. The Morgan fingerprint density at radius 1 is 1.29 bits per heavy atom. The molecule has 14 heavy (non-hydrogen) atoms. The van der Waals surface area contributed by atoms with Crippen molar-refractivity contribution in [3.63, 3.8) is 0 Å². The summed E-state index contributed by atoms with van der Waals surface area (Å²) in [6, 6.07) is 7.96. The molecule has 0 atom stereocenters. The molecule has 0 heterocycles. The van der Waals surface area contributed by atoms with E-state index in [-0.39, 0.29) is 0 Å². The maximum Gasteiger partial charge on any atom is 0.0406 e.